The molecule has 2 nitrogen and oxygen atoms in total. The molecule has 0 unspecified atom stereocenters. The van der Waals surface area contributed by atoms with E-state index in [0.29, 0.717) is 12.1 Å². The highest BCUT2D eigenvalue weighted by Crippen LogP contribution is 2.21. The molecule has 0 saturated heterocycles. The van der Waals surface area contributed by atoms with Crippen molar-refractivity contribution in [3.8, 4) is 0 Å². The summed E-state index contributed by atoms with van der Waals surface area (Å²) in [6, 6.07) is 0.440. The third kappa shape index (κ3) is 2.23. The summed E-state index contributed by atoms with van der Waals surface area (Å²) in [6.07, 6.45) is 5.07. The van der Waals surface area contributed by atoms with Crippen LogP contribution in [0.3, 0.4) is 0 Å². The highest BCUT2D eigenvalue weighted by Gasteiger charge is 2.26. The molecule has 0 aromatic rings. The molecule has 1 rings (SSSR count). The Morgan fingerprint density at radius 3 is 2.50 bits per heavy atom. The average Bonchev–Trinajstić information content (AvgIpc) is 2.33. The van der Waals surface area contributed by atoms with Crippen molar-refractivity contribution in [3.05, 3.63) is 0 Å². The van der Waals surface area contributed by atoms with Gasteiger partial charge in [0.15, 0.2) is 5.90 Å². The molecule has 0 radical (unpaired) electrons. The fraction of sp³-hybridized carbons (Fsp3) is 0.900. The first-order valence-electron chi connectivity index (χ1n) is 4.99. The normalized spacial score (nSPS) is 28.4. The summed E-state index contributed by atoms with van der Waals surface area (Å²) in [5.41, 5.74) is 0. The van der Waals surface area contributed by atoms with Crippen LogP contribution in [0.4, 0.5) is 0 Å². The molecule has 12 heavy (non-hydrogen) atoms. The van der Waals surface area contributed by atoms with E-state index in [-0.39, 0.29) is 0 Å². The average molecular weight is 169 g/mol. The maximum atomic E-state index is 5.62. The van der Waals surface area contributed by atoms with Gasteiger partial charge in [-0.1, -0.05) is 26.7 Å². The number of rotatable bonds is 4. The molecule has 0 N–H and O–H groups in total. The molecule has 70 valence electrons. The molecule has 0 amide bonds. The van der Waals surface area contributed by atoms with E-state index in [9.17, 15) is 0 Å². The molecule has 0 aromatic carbocycles. The standard InChI is InChI=1S/C10H19NO/c1-4-6-9-10(7-5-2)12-8(3)11-9/h9-10H,4-7H2,1-3H3/t9-,10-/m1/s1. The summed E-state index contributed by atoms with van der Waals surface area (Å²) in [5, 5.41) is 0. The van der Waals surface area contributed by atoms with Gasteiger partial charge in [0.05, 0.1) is 6.04 Å². The highest BCUT2D eigenvalue weighted by molar-refractivity contribution is 5.75. The smallest absolute Gasteiger partial charge is 0.180 e. The maximum absolute atomic E-state index is 5.62. The number of hydrogen-bond donors (Lipinski definition) is 0. The molecule has 2 atom stereocenters. The van der Waals surface area contributed by atoms with E-state index in [2.05, 4.69) is 18.8 Å². The van der Waals surface area contributed by atoms with Gasteiger partial charge in [-0.25, -0.2) is 4.99 Å². The van der Waals surface area contributed by atoms with Crippen molar-refractivity contribution >= 4 is 5.90 Å². The number of nitrogens with zero attached hydrogens (tertiary/aromatic N) is 1. The van der Waals surface area contributed by atoms with Gasteiger partial charge >= 0.3 is 0 Å². The molecule has 0 saturated carbocycles. The van der Waals surface area contributed by atoms with Crippen molar-refractivity contribution in [2.24, 2.45) is 4.99 Å². The summed E-state index contributed by atoms with van der Waals surface area (Å²) in [5.74, 6) is 0.881. The quantitative estimate of drug-likeness (QED) is 0.634. The first kappa shape index (κ1) is 9.56. The third-order valence-corrected chi connectivity index (χ3v) is 2.26. The van der Waals surface area contributed by atoms with Crippen molar-refractivity contribution in [2.45, 2.75) is 58.6 Å². The number of aliphatic imine (C=N–C) groups is 1. The summed E-state index contributed by atoms with van der Waals surface area (Å²) in [4.78, 5) is 4.47. The predicted molar refractivity (Wildman–Crippen MR) is 51.6 cm³/mol. The second kappa shape index (κ2) is 4.48. The number of ether oxygens (including phenoxy) is 1. The van der Waals surface area contributed by atoms with Gasteiger partial charge in [-0.2, -0.15) is 0 Å². The predicted octanol–water partition coefficient (Wildman–Crippen LogP) is 2.77. The first-order valence-corrected chi connectivity index (χ1v) is 4.99. The van der Waals surface area contributed by atoms with Crippen LogP contribution in [0.25, 0.3) is 0 Å². The molecule has 0 spiro atoms. The third-order valence-electron chi connectivity index (χ3n) is 2.26. The lowest BCUT2D eigenvalue weighted by atomic mass is 10.0. The van der Waals surface area contributed by atoms with Crippen LogP contribution < -0.4 is 0 Å². The minimum absolute atomic E-state index is 0.370. The van der Waals surface area contributed by atoms with Crippen molar-refractivity contribution in [3.63, 3.8) is 0 Å². The fourth-order valence-corrected chi connectivity index (χ4v) is 1.73. The van der Waals surface area contributed by atoms with Crippen molar-refractivity contribution in [1.29, 1.82) is 0 Å². The Balaban J connectivity index is 2.43. The summed E-state index contributed by atoms with van der Waals surface area (Å²) in [7, 11) is 0. The molecular formula is C10H19NO. The Hall–Kier alpha value is -0.530. The Labute approximate surface area is 75.0 Å². The van der Waals surface area contributed by atoms with E-state index in [4.69, 9.17) is 4.74 Å². The first-order chi connectivity index (χ1) is 5.77. The molecule has 1 aliphatic heterocycles. The van der Waals surface area contributed by atoms with Crippen LogP contribution >= 0.6 is 0 Å². The molecular weight excluding hydrogens is 150 g/mol. The largest absolute Gasteiger partial charge is 0.476 e. The van der Waals surface area contributed by atoms with Gasteiger partial charge in [0, 0.05) is 6.92 Å². The Morgan fingerprint density at radius 2 is 1.92 bits per heavy atom. The molecule has 0 fully saturated rings. The SMILES string of the molecule is CCC[C@H]1N=C(C)O[C@@H]1CCC. The van der Waals surface area contributed by atoms with Crippen LogP contribution in [-0.2, 0) is 4.74 Å². The molecule has 0 bridgehead atoms. The minimum Gasteiger partial charge on any atom is -0.476 e. The van der Waals surface area contributed by atoms with Crippen LogP contribution in [0.5, 0.6) is 0 Å². The van der Waals surface area contributed by atoms with E-state index in [1.54, 1.807) is 0 Å². The van der Waals surface area contributed by atoms with Crippen molar-refractivity contribution < 1.29 is 4.74 Å². The van der Waals surface area contributed by atoms with Gasteiger partial charge in [0.2, 0.25) is 0 Å². The highest BCUT2D eigenvalue weighted by atomic mass is 16.5. The van der Waals surface area contributed by atoms with Crippen molar-refractivity contribution in [2.75, 3.05) is 0 Å². The van der Waals surface area contributed by atoms with E-state index in [0.717, 1.165) is 12.3 Å². The monoisotopic (exact) mass is 169 g/mol. The lowest BCUT2D eigenvalue weighted by Crippen LogP contribution is -2.21. The van der Waals surface area contributed by atoms with Gasteiger partial charge in [0.1, 0.15) is 6.10 Å². The summed E-state index contributed by atoms with van der Waals surface area (Å²) in [6.45, 7) is 6.35. The molecule has 2 heteroatoms. The molecule has 0 aliphatic carbocycles. The van der Waals surface area contributed by atoms with E-state index in [1.165, 1.54) is 19.3 Å². The molecule has 0 aromatic heterocycles. The van der Waals surface area contributed by atoms with Crippen LogP contribution in [0.2, 0.25) is 0 Å². The maximum Gasteiger partial charge on any atom is 0.180 e. The zero-order chi connectivity index (χ0) is 8.97. The molecule has 1 heterocycles. The van der Waals surface area contributed by atoms with Crippen LogP contribution in [0.1, 0.15) is 46.5 Å². The Morgan fingerprint density at radius 1 is 1.25 bits per heavy atom. The zero-order valence-corrected chi connectivity index (χ0v) is 8.34. The van der Waals surface area contributed by atoms with Crippen LogP contribution in [-0.4, -0.2) is 18.0 Å². The second-order valence-electron chi connectivity index (χ2n) is 3.45. The van der Waals surface area contributed by atoms with Gasteiger partial charge in [-0.3, -0.25) is 0 Å². The number of hydrogen-bond acceptors (Lipinski definition) is 2. The Bertz CT molecular complexity index is 165. The summed E-state index contributed by atoms with van der Waals surface area (Å²) >= 11 is 0. The van der Waals surface area contributed by atoms with Gasteiger partial charge in [-0.15, -0.1) is 0 Å². The van der Waals surface area contributed by atoms with Crippen LogP contribution in [0, 0.1) is 0 Å². The van der Waals surface area contributed by atoms with Crippen molar-refractivity contribution in [1.82, 2.24) is 0 Å². The van der Waals surface area contributed by atoms with Crippen LogP contribution in [0.15, 0.2) is 4.99 Å². The lowest BCUT2D eigenvalue weighted by Gasteiger charge is -2.15. The molecule has 1 aliphatic rings. The van der Waals surface area contributed by atoms with Gasteiger partial charge in [0.25, 0.3) is 0 Å². The Kier molecular flexibility index (Phi) is 3.57. The van der Waals surface area contributed by atoms with E-state index >= 15 is 0 Å². The second-order valence-corrected chi connectivity index (χ2v) is 3.45. The minimum atomic E-state index is 0.370. The zero-order valence-electron chi connectivity index (χ0n) is 8.34. The van der Waals surface area contributed by atoms with Gasteiger partial charge < -0.3 is 4.74 Å². The van der Waals surface area contributed by atoms with E-state index < -0.39 is 0 Å². The van der Waals surface area contributed by atoms with Gasteiger partial charge in [-0.05, 0) is 12.8 Å². The van der Waals surface area contributed by atoms with E-state index in [1.807, 2.05) is 6.92 Å². The fourth-order valence-electron chi connectivity index (χ4n) is 1.73. The summed E-state index contributed by atoms with van der Waals surface area (Å²) < 4.78 is 5.62. The lowest BCUT2D eigenvalue weighted by molar-refractivity contribution is 0.174. The topological polar surface area (TPSA) is 21.6 Å².